The largest absolute Gasteiger partial charge is 0.851 e. The zero-order chi connectivity index (χ0) is 9.56. The second-order valence-corrected chi connectivity index (χ2v) is 2.19. The minimum Gasteiger partial charge on any atom is -0.367 e. The van der Waals surface area contributed by atoms with Crippen molar-refractivity contribution in [3.05, 3.63) is 0 Å². The summed E-state index contributed by atoms with van der Waals surface area (Å²) in [4.78, 5) is 0. The topological polar surface area (TPSA) is 164 Å². The summed E-state index contributed by atoms with van der Waals surface area (Å²) in [6.45, 7) is 0. The summed E-state index contributed by atoms with van der Waals surface area (Å²) in [6.07, 6.45) is 0. The Morgan fingerprint density at radius 2 is 1.33 bits per heavy atom. The number of oxime groups is 2. The zero-order valence-electron chi connectivity index (χ0n) is 5.88. The Hall–Kier alpha value is -1.76. The maximum Gasteiger partial charge on any atom is 0.851 e. The first kappa shape index (κ1) is 10.2. The van der Waals surface area contributed by atoms with Crippen LogP contribution in [0.3, 0.4) is 0 Å². The van der Waals surface area contributed by atoms with Crippen molar-refractivity contribution in [3.8, 4) is 0 Å². The van der Waals surface area contributed by atoms with Gasteiger partial charge in [0.05, 0.1) is 0 Å². The lowest BCUT2D eigenvalue weighted by molar-refractivity contribution is 0.240. The fourth-order valence-electron chi connectivity index (χ4n) is 0.176. The third-order valence-corrected chi connectivity index (χ3v) is 0.856. The molecule has 0 saturated carbocycles. The Labute approximate surface area is 68.3 Å². The van der Waals surface area contributed by atoms with E-state index in [2.05, 4.69) is 19.6 Å². The molecule has 0 amide bonds. The second-order valence-electron chi connectivity index (χ2n) is 1.42. The Bertz CT molecular complexity index is 195. The molecule has 0 atom stereocenters. The minimum atomic E-state index is -2.59. The van der Waals surface area contributed by atoms with Gasteiger partial charge in [0.15, 0.2) is 0 Å². The molecule has 0 saturated heterocycles. The van der Waals surface area contributed by atoms with Crippen molar-refractivity contribution in [2.75, 3.05) is 0 Å². The molecule has 0 aromatic rings. The molecule has 0 spiro atoms. The van der Waals surface area contributed by atoms with Crippen LogP contribution < -0.4 is 22.9 Å². The maximum atomic E-state index is 10.5. The van der Waals surface area contributed by atoms with Gasteiger partial charge in [0.1, 0.15) is 0 Å². The van der Waals surface area contributed by atoms with Crippen molar-refractivity contribution in [1.29, 1.82) is 0 Å². The number of hydrogen-bond donors (Lipinski definition) is 4. The lowest BCUT2D eigenvalue weighted by Crippen LogP contribution is -2.22. The zero-order valence-corrected chi connectivity index (χ0v) is 6.77. The van der Waals surface area contributed by atoms with E-state index in [1.54, 1.807) is 0 Å². The molecular formula is C2H8N6O3P+. The molecule has 0 radical (unpaired) electrons. The average molecular weight is 195 g/mol. The van der Waals surface area contributed by atoms with Crippen LogP contribution in [0.15, 0.2) is 10.3 Å². The van der Waals surface area contributed by atoms with Gasteiger partial charge in [-0.25, -0.2) is 0 Å². The van der Waals surface area contributed by atoms with E-state index in [-0.39, 0.29) is 0 Å². The predicted octanol–water partition coefficient (Wildman–Crippen LogP) is -1.95. The molecule has 0 aromatic heterocycles. The van der Waals surface area contributed by atoms with E-state index in [1.807, 2.05) is 0 Å². The van der Waals surface area contributed by atoms with Gasteiger partial charge in [-0.15, -0.1) is 0 Å². The third kappa shape index (κ3) is 6.36. The van der Waals surface area contributed by atoms with Gasteiger partial charge in [-0.05, 0) is 0 Å². The lowest BCUT2D eigenvalue weighted by Gasteiger charge is -1.82. The van der Waals surface area contributed by atoms with Gasteiger partial charge in [0.2, 0.25) is 11.9 Å². The van der Waals surface area contributed by atoms with Crippen LogP contribution in [0.5, 0.6) is 0 Å². The van der Waals surface area contributed by atoms with E-state index in [4.69, 9.17) is 22.9 Å². The number of nitrogens with two attached hydrogens (primary N) is 4. The quantitative estimate of drug-likeness (QED) is 0.175. The third-order valence-electron chi connectivity index (χ3n) is 0.426. The van der Waals surface area contributed by atoms with E-state index >= 15 is 0 Å². The summed E-state index contributed by atoms with van der Waals surface area (Å²) in [5, 5.41) is 5.83. The summed E-state index contributed by atoms with van der Waals surface area (Å²) in [7, 11) is -2.59. The number of guanidine groups is 2. The summed E-state index contributed by atoms with van der Waals surface area (Å²) >= 11 is 0. The Morgan fingerprint density at radius 1 is 1.00 bits per heavy atom. The molecule has 68 valence electrons. The maximum absolute atomic E-state index is 10.5. The van der Waals surface area contributed by atoms with Crippen LogP contribution >= 0.6 is 8.25 Å². The molecule has 8 N–H and O–H groups in total. The van der Waals surface area contributed by atoms with E-state index in [0.29, 0.717) is 0 Å². The van der Waals surface area contributed by atoms with Crippen LogP contribution in [0.1, 0.15) is 0 Å². The highest BCUT2D eigenvalue weighted by atomic mass is 31.1. The van der Waals surface area contributed by atoms with Crippen LogP contribution in [0.2, 0.25) is 0 Å². The standard InChI is InChI=1S/C2H8N6O3P/c3-1(4)7-10-12(9)11-8-2(5)6/h(H4,3,4,7)(H4,5,6,8)/q+1. The van der Waals surface area contributed by atoms with E-state index in [0.717, 1.165) is 0 Å². The van der Waals surface area contributed by atoms with Crippen molar-refractivity contribution in [2.24, 2.45) is 33.2 Å². The van der Waals surface area contributed by atoms with Crippen molar-refractivity contribution in [3.63, 3.8) is 0 Å². The molecule has 10 heteroatoms. The van der Waals surface area contributed by atoms with Gasteiger partial charge in [-0.1, -0.05) is 9.25 Å². The number of rotatable bonds is 4. The monoisotopic (exact) mass is 195 g/mol. The van der Waals surface area contributed by atoms with Crippen LogP contribution in [-0.4, -0.2) is 11.9 Å². The summed E-state index contributed by atoms with van der Waals surface area (Å²) in [5.74, 6) is -0.793. The first-order valence-electron chi connectivity index (χ1n) is 2.51. The van der Waals surface area contributed by atoms with Gasteiger partial charge in [0, 0.05) is 14.9 Å². The minimum absolute atomic E-state index is 0.397. The Morgan fingerprint density at radius 3 is 1.58 bits per heavy atom. The fourth-order valence-corrected chi connectivity index (χ4v) is 0.528. The molecule has 0 fully saturated rings. The highest BCUT2D eigenvalue weighted by molar-refractivity contribution is 7.33. The molecular weight excluding hydrogens is 187 g/mol. The first-order chi connectivity index (χ1) is 5.52. The molecule has 0 aliphatic rings. The Balaban J connectivity index is 3.76. The molecule has 0 unspecified atom stereocenters. The number of nitrogens with zero attached hydrogens (tertiary/aromatic N) is 2. The van der Waals surface area contributed by atoms with E-state index in [9.17, 15) is 4.57 Å². The van der Waals surface area contributed by atoms with Crippen LogP contribution in [0, 0.1) is 0 Å². The molecule has 0 bridgehead atoms. The van der Waals surface area contributed by atoms with Crippen molar-refractivity contribution in [1.82, 2.24) is 0 Å². The highest BCUT2D eigenvalue weighted by Gasteiger charge is 2.22. The van der Waals surface area contributed by atoms with E-state index in [1.165, 1.54) is 0 Å². The van der Waals surface area contributed by atoms with Gasteiger partial charge in [0.25, 0.3) is 0 Å². The molecule has 12 heavy (non-hydrogen) atoms. The van der Waals surface area contributed by atoms with Crippen LogP contribution in [0.25, 0.3) is 0 Å². The number of hydrogen-bond acceptors (Lipinski definition) is 5. The van der Waals surface area contributed by atoms with Gasteiger partial charge < -0.3 is 22.9 Å². The molecule has 0 aliphatic heterocycles. The van der Waals surface area contributed by atoms with Crippen LogP contribution in [0.4, 0.5) is 0 Å². The molecule has 0 aliphatic carbocycles. The SMILES string of the molecule is NC(N)=NO[P+](=O)ON=C(N)N. The first-order valence-corrected chi connectivity index (χ1v) is 3.61. The highest BCUT2D eigenvalue weighted by Crippen LogP contribution is 2.23. The van der Waals surface area contributed by atoms with Crippen LogP contribution in [-0.2, 0) is 13.8 Å². The molecule has 0 heterocycles. The normalized spacial score (nSPS) is 8.00. The molecule has 9 nitrogen and oxygen atoms in total. The summed E-state index contributed by atoms with van der Waals surface area (Å²) in [6, 6.07) is 0. The van der Waals surface area contributed by atoms with Gasteiger partial charge in [-0.3, -0.25) is 0 Å². The average Bonchev–Trinajstić information content (AvgIpc) is 1.96. The van der Waals surface area contributed by atoms with E-state index < -0.39 is 20.2 Å². The summed E-state index contributed by atoms with van der Waals surface area (Å²) in [5.41, 5.74) is 19.3. The lowest BCUT2D eigenvalue weighted by atomic mass is 11.1. The Kier molecular flexibility index (Phi) is 4.24. The van der Waals surface area contributed by atoms with Gasteiger partial charge in [-0.2, -0.15) is 0 Å². The summed E-state index contributed by atoms with van der Waals surface area (Å²) < 4.78 is 18.6. The van der Waals surface area contributed by atoms with Crippen molar-refractivity contribution >= 4 is 20.2 Å². The van der Waals surface area contributed by atoms with Crippen molar-refractivity contribution in [2.45, 2.75) is 0 Å². The second kappa shape index (κ2) is 4.97. The fraction of sp³-hybridized carbons (Fsp3) is 0. The van der Waals surface area contributed by atoms with Gasteiger partial charge >= 0.3 is 8.25 Å². The molecule has 0 aromatic carbocycles. The molecule has 0 rings (SSSR count). The van der Waals surface area contributed by atoms with Crippen molar-refractivity contribution < 1.29 is 13.8 Å². The smallest absolute Gasteiger partial charge is 0.367 e. The predicted molar refractivity (Wildman–Crippen MR) is 41.4 cm³/mol.